The molecule has 0 N–H and O–H groups in total. The highest BCUT2D eigenvalue weighted by Gasteiger charge is 2.08. The van der Waals surface area contributed by atoms with Crippen molar-refractivity contribution in [2.24, 2.45) is 0 Å². The number of aryl methyl sites for hydroxylation is 1. The highest BCUT2D eigenvalue weighted by atomic mass is 19.1. The molecule has 1 aromatic heterocycles. The molecule has 0 saturated heterocycles. The first kappa shape index (κ1) is 7.35. The van der Waals surface area contributed by atoms with Crippen LogP contribution in [0.3, 0.4) is 0 Å². The quantitative estimate of drug-likeness (QED) is 0.630. The summed E-state index contributed by atoms with van der Waals surface area (Å²) in [5, 5.41) is 0.887. The third-order valence-electron chi connectivity index (χ3n) is 2.03. The van der Waals surface area contributed by atoms with E-state index in [0.717, 1.165) is 11.0 Å². The Morgan fingerprint density at radius 2 is 2.08 bits per heavy atom. The zero-order valence-electron chi connectivity index (χ0n) is 6.80. The van der Waals surface area contributed by atoms with Crippen LogP contribution in [-0.4, -0.2) is 0 Å². The van der Waals surface area contributed by atoms with Crippen molar-refractivity contribution in [2.75, 3.05) is 0 Å². The van der Waals surface area contributed by atoms with Gasteiger partial charge in [-0.15, -0.1) is 0 Å². The lowest BCUT2D eigenvalue weighted by Gasteiger charge is -1.88. The summed E-state index contributed by atoms with van der Waals surface area (Å²) in [6.45, 7) is 1.33. The zero-order valence-corrected chi connectivity index (χ0v) is 6.80. The summed E-state index contributed by atoms with van der Waals surface area (Å²) in [7, 11) is 0. The van der Waals surface area contributed by atoms with E-state index in [2.05, 4.69) is 0 Å². The second-order valence-electron chi connectivity index (χ2n) is 2.77. The number of hydrogen-bond acceptors (Lipinski definition) is 1. The molecule has 0 aliphatic rings. The van der Waals surface area contributed by atoms with Gasteiger partial charge in [0.25, 0.3) is 0 Å². The SMILES string of the molecule is Cc1oc2ccccc2c1CF. The van der Waals surface area contributed by atoms with Crippen molar-refractivity contribution in [3.8, 4) is 0 Å². The number of halogens is 1. The van der Waals surface area contributed by atoms with E-state index in [4.69, 9.17) is 4.42 Å². The van der Waals surface area contributed by atoms with Crippen LogP contribution in [0.15, 0.2) is 28.7 Å². The molecule has 1 nitrogen and oxygen atoms in total. The molecule has 0 atom stereocenters. The van der Waals surface area contributed by atoms with Gasteiger partial charge in [-0.25, -0.2) is 4.39 Å². The molecule has 0 saturated carbocycles. The molecule has 0 aliphatic heterocycles. The molecular formula is C10H9FO. The van der Waals surface area contributed by atoms with Gasteiger partial charge in [-0.3, -0.25) is 0 Å². The van der Waals surface area contributed by atoms with Gasteiger partial charge in [0.05, 0.1) is 0 Å². The summed E-state index contributed by atoms with van der Waals surface area (Å²) >= 11 is 0. The van der Waals surface area contributed by atoms with Crippen LogP contribution >= 0.6 is 0 Å². The van der Waals surface area contributed by atoms with Crippen LogP contribution in [0, 0.1) is 6.92 Å². The summed E-state index contributed by atoms with van der Waals surface area (Å²) in [5.74, 6) is 0.679. The summed E-state index contributed by atoms with van der Waals surface area (Å²) in [5.41, 5.74) is 1.44. The Morgan fingerprint density at radius 1 is 1.33 bits per heavy atom. The van der Waals surface area contributed by atoms with Crippen molar-refractivity contribution in [2.45, 2.75) is 13.6 Å². The number of hydrogen-bond donors (Lipinski definition) is 0. The van der Waals surface area contributed by atoms with Crippen LogP contribution in [-0.2, 0) is 6.67 Å². The van der Waals surface area contributed by atoms with Crippen molar-refractivity contribution in [1.29, 1.82) is 0 Å². The summed E-state index contributed by atoms with van der Waals surface area (Å²) < 4.78 is 17.8. The minimum absolute atomic E-state index is 0.456. The van der Waals surface area contributed by atoms with E-state index >= 15 is 0 Å². The van der Waals surface area contributed by atoms with Crippen molar-refractivity contribution < 1.29 is 8.81 Å². The van der Waals surface area contributed by atoms with E-state index in [9.17, 15) is 4.39 Å². The Kier molecular flexibility index (Phi) is 1.61. The predicted octanol–water partition coefficient (Wildman–Crippen LogP) is 3.21. The van der Waals surface area contributed by atoms with E-state index in [-0.39, 0.29) is 0 Å². The van der Waals surface area contributed by atoms with Gasteiger partial charge in [-0.2, -0.15) is 0 Å². The largest absolute Gasteiger partial charge is 0.461 e. The summed E-state index contributed by atoms with van der Waals surface area (Å²) in [6.07, 6.45) is 0. The molecule has 0 amide bonds. The molecule has 0 radical (unpaired) electrons. The fourth-order valence-electron chi connectivity index (χ4n) is 1.39. The molecule has 1 heterocycles. The van der Waals surface area contributed by atoms with E-state index in [1.54, 1.807) is 6.92 Å². The normalized spacial score (nSPS) is 10.8. The average Bonchev–Trinajstić information content (AvgIpc) is 2.40. The molecule has 0 fully saturated rings. The maximum absolute atomic E-state index is 12.5. The Labute approximate surface area is 69.8 Å². The fourth-order valence-corrected chi connectivity index (χ4v) is 1.39. The third kappa shape index (κ3) is 0.916. The van der Waals surface area contributed by atoms with E-state index in [0.29, 0.717) is 11.3 Å². The maximum Gasteiger partial charge on any atom is 0.134 e. The van der Waals surface area contributed by atoms with E-state index in [1.165, 1.54) is 0 Å². The van der Waals surface area contributed by atoms with Crippen LogP contribution in [0.2, 0.25) is 0 Å². The fraction of sp³-hybridized carbons (Fsp3) is 0.200. The maximum atomic E-state index is 12.5. The molecule has 0 bridgehead atoms. The standard InChI is InChI=1S/C10H9FO/c1-7-9(6-11)8-4-2-3-5-10(8)12-7/h2-5H,6H2,1H3. The minimum atomic E-state index is -0.456. The first-order valence-corrected chi connectivity index (χ1v) is 3.86. The molecule has 0 unspecified atom stereocenters. The Morgan fingerprint density at radius 3 is 2.83 bits per heavy atom. The number of fused-ring (bicyclic) bond motifs is 1. The second-order valence-corrected chi connectivity index (χ2v) is 2.77. The van der Waals surface area contributed by atoms with Gasteiger partial charge < -0.3 is 4.42 Å². The molecule has 62 valence electrons. The molecule has 2 heteroatoms. The lowest BCUT2D eigenvalue weighted by Crippen LogP contribution is -1.77. The lowest BCUT2D eigenvalue weighted by atomic mass is 10.1. The molecule has 1 aromatic carbocycles. The van der Waals surface area contributed by atoms with Gasteiger partial charge in [0, 0.05) is 10.9 Å². The number of para-hydroxylation sites is 1. The first-order valence-electron chi connectivity index (χ1n) is 3.86. The average molecular weight is 164 g/mol. The minimum Gasteiger partial charge on any atom is -0.461 e. The van der Waals surface area contributed by atoms with E-state index in [1.807, 2.05) is 24.3 Å². The van der Waals surface area contributed by atoms with Crippen molar-refractivity contribution in [1.82, 2.24) is 0 Å². The van der Waals surface area contributed by atoms with Crippen LogP contribution < -0.4 is 0 Å². The molecule has 2 rings (SSSR count). The molecule has 0 aliphatic carbocycles. The highest BCUT2D eigenvalue weighted by molar-refractivity contribution is 5.81. The number of furan rings is 1. The van der Waals surface area contributed by atoms with Gasteiger partial charge >= 0.3 is 0 Å². The molecule has 0 spiro atoms. The number of alkyl halides is 1. The van der Waals surface area contributed by atoms with Gasteiger partial charge in [-0.05, 0) is 13.0 Å². The van der Waals surface area contributed by atoms with Gasteiger partial charge in [-0.1, -0.05) is 18.2 Å². The van der Waals surface area contributed by atoms with Gasteiger partial charge in [0.15, 0.2) is 0 Å². The topological polar surface area (TPSA) is 13.1 Å². The van der Waals surface area contributed by atoms with Gasteiger partial charge in [0.2, 0.25) is 0 Å². The van der Waals surface area contributed by atoms with Crippen LogP contribution in [0.5, 0.6) is 0 Å². The second kappa shape index (κ2) is 2.63. The third-order valence-corrected chi connectivity index (χ3v) is 2.03. The van der Waals surface area contributed by atoms with Crippen LogP contribution in [0.4, 0.5) is 4.39 Å². The van der Waals surface area contributed by atoms with Crippen molar-refractivity contribution in [3.63, 3.8) is 0 Å². The predicted molar refractivity (Wildman–Crippen MR) is 45.8 cm³/mol. The number of benzene rings is 1. The zero-order chi connectivity index (χ0) is 8.55. The Balaban J connectivity index is 2.81. The Bertz CT molecular complexity index is 403. The Hall–Kier alpha value is -1.31. The van der Waals surface area contributed by atoms with Crippen molar-refractivity contribution in [3.05, 3.63) is 35.6 Å². The number of rotatable bonds is 1. The van der Waals surface area contributed by atoms with E-state index < -0.39 is 6.67 Å². The molecule has 2 aromatic rings. The smallest absolute Gasteiger partial charge is 0.134 e. The summed E-state index contributed by atoms with van der Waals surface area (Å²) in [6, 6.07) is 7.49. The monoisotopic (exact) mass is 164 g/mol. The first-order chi connectivity index (χ1) is 5.83. The van der Waals surface area contributed by atoms with Gasteiger partial charge in [0.1, 0.15) is 18.0 Å². The lowest BCUT2D eigenvalue weighted by molar-refractivity contribution is 0.473. The molecule has 12 heavy (non-hydrogen) atoms. The van der Waals surface area contributed by atoms with Crippen molar-refractivity contribution >= 4 is 11.0 Å². The highest BCUT2D eigenvalue weighted by Crippen LogP contribution is 2.25. The van der Waals surface area contributed by atoms with Crippen LogP contribution in [0.25, 0.3) is 11.0 Å². The van der Waals surface area contributed by atoms with Crippen LogP contribution in [0.1, 0.15) is 11.3 Å². The summed E-state index contributed by atoms with van der Waals surface area (Å²) in [4.78, 5) is 0. The molecular weight excluding hydrogens is 155 g/mol.